The van der Waals surface area contributed by atoms with Crippen LogP contribution in [-0.4, -0.2) is 33.4 Å². The molecule has 8 heteroatoms. The van der Waals surface area contributed by atoms with E-state index in [1.807, 2.05) is 104 Å². The lowest BCUT2D eigenvalue weighted by atomic mass is 10.0. The minimum Gasteiger partial charge on any atom is -0.378 e. The first-order valence-corrected chi connectivity index (χ1v) is 12.5. The standard InChI is InChI=1S/C29H21N5O2S/c1-33(2)21-15-13-18(14-16-21)17-22-28(36)34-26-25(27(35)32-29(34)37-22)30-23(19-9-5-3-6-10-19)24(31-26)20-11-7-4-8-12-20/h3-17H,1-2H3/b22-17-. The molecule has 0 unspecified atom stereocenters. The van der Waals surface area contributed by atoms with E-state index in [4.69, 9.17) is 9.97 Å². The molecule has 37 heavy (non-hydrogen) atoms. The molecule has 0 aliphatic rings. The fourth-order valence-electron chi connectivity index (χ4n) is 4.22. The number of hydrogen-bond acceptors (Lipinski definition) is 7. The van der Waals surface area contributed by atoms with Crippen LogP contribution in [0.1, 0.15) is 5.56 Å². The van der Waals surface area contributed by atoms with Gasteiger partial charge in [0.1, 0.15) is 0 Å². The van der Waals surface area contributed by atoms with Gasteiger partial charge in [-0.2, -0.15) is 4.98 Å². The number of rotatable bonds is 4. The van der Waals surface area contributed by atoms with Gasteiger partial charge in [0.25, 0.3) is 5.56 Å². The van der Waals surface area contributed by atoms with Gasteiger partial charge in [-0.15, -0.1) is 0 Å². The molecule has 6 rings (SSSR count). The predicted octanol–water partition coefficient (Wildman–Crippen LogP) is 4.01. The summed E-state index contributed by atoms with van der Waals surface area (Å²) in [5.41, 5.74) is 4.23. The largest absolute Gasteiger partial charge is 0.378 e. The summed E-state index contributed by atoms with van der Waals surface area (Å²) >= 11 is 1.17. The van der Waals surface area contributed by atoms with E-state index in [1.54, 1.807) is 6.08 Å². The molecule has 180 valence electrons. The zero-order chi connectivity index (χ0) is 25.5. The lowest BCUT2D eigenvalue weighted by molar-refractivity contribution is 1.07. The van der Waals surface area contributed by atoms with Crippen molar-refractivity contribution in [2.45, 2.75) is 0 Å². The molecule has 0 saturated heterocycles. The lowest BCUT2D eigenvalue weighted by Crippen LogP contribution is -2.25. The topological polar surface area (TPSA) is 80.5 Å². The van der Waals surface area contributed by atoms with Crippen LogP contribution in [0.5, 0.6) is 0 Å². The highest BCUT2D eigenvalue weighted by atomic mass is 32.1. The Hall–Kier alpha value is -4.69. The Morgan fingerprint density at radius 2 is 1.35 bits per heavy atom. The summed E-state index contributed by atoms with van der Waals surface area (Å²) in [7, 11) is 3.95. The Labute approximate surface area is 215 Å². The molecular formula is C29H21N5O2S. The van der Waals surface area contributed by atoms with Gasteiger partial charge in [0.15, 0.2) is 11.2 Å². The molecule has 0 aliphatic heterocycles. The molecule has 0 bridgehead atoms. The Kier molecular flexibility index (Phi) is 5.58. The fraction of sp³-hybridized carbons (Fsp3) is 0.0690. The Balaban J connectivity index is 1.64. The monoisotopic (exact) mass is 503 g/mol. The maximum atomic E-state index is 13.6. The second-order valence-electron chi connectivity index (χ2n) is 8.76. The highest BCUT2D eigenvalue weighted by Crippen LogP contribution is 2.30. The van der Waals surface area contributed by atoms with Gasteiger partial charge < -0.3 is 4.90 Å². The molecular weight excluding hydrogens is 482 g/mol. The fourth-order valence-corrected chi connectivity index (χ4v) is 5.18. The molecule has 0 fully saturated rings. The average molecular weight is 504 g/mol. The van der Waals surface area contributed by atoms with Gasteiger partial charge in [-0.1, -0.05) is 84.1 Å². The summed E-state index contributed by atoms with van der Waals surface area (Å²) in [6.45, 7) is 0. The second-order valence-corrected chi connectivity index (χ2v) is 9.77. The highest BCUT2D eigenvalue weighted by Gasteiger charge is 2.19. The minimum atomic E-state index is -0.512. The van der Waals surface area contributed by atoms with E-state index in [-0.39, 0.29) is 16.7 Å². The van der Waals surface area contributed by atoms with Gasteiger partial charge in [-0.05, 0) is 23.8 Å². The first-order chi connectivity index (χ1) is 18.0. The van der Waals surface area contributed by atoms with E-state index in [0.717, 1.165) is 22.4 Å². The molecule has 0 saturated carbocycles. The Bertz CT molecular complexity index is 1930. The Morgan fingerprint density at radius 1 is 0.757 bits per heavy atom. The third kappa shape index (κ3) is 4.07. The predicted molar refractivity (Wildman–Crippen MR) is 149 cm³/mol. The third-order valence-electron chi connectivity index (χ3n) is 6.10. The van der Waals surface area contributed by atoms with Crippen molar-refractivity contribution >= 4 is 39.2 Å². The van der Waals surface area contributed by atoms with Gasteiger partial charge in [0.2, 0.25) is 4.96 Å². The van der Waals surface area contributed by atoms with Gasteiger partial charge in [0, 0.05) is 30.9 Å². The van der Waals surface area contributed by atoms with Gasteiger partial charge in [-0.25, -0.2) is 14.4 Å². The first-order valence-electron chi connectivity index (χ1n) is 11.7. The van der Waals surface area contributed by atoms with E-state index in [9.17, 15) is 9.59 Å². The molecule has 0 atom stereocenters. The third-order valence-corrected chi connectivity index (χ3v) is 7.07. The van der Waals surface area contributed by atoms with Gasteiger partial charge in [0.05, 0.1) is 15.9 Å². The molecule has 3 heterocycles. The highest BCUT2D eigenvalue weighted by molar-refractivity contribution is 7.15. The van der Waals surface area contributed by atoms with E-state index < -0.39 is 5.56 Å². The number of hydrogen-bond donors (Lipinski definition) is 0. The molecule has 0 N–H and O–H groups in total. The zero-order valence-corrected chi connectivity index (χ0v) is 20.9. The normalized spacial score (nSPS) is 11.9. The summed E-state index contributed by atoms with van der Waals surface area (Å²) in [6, 6.07) is 27.1. The minimum absolute atomic E-state index is 0.0628. The summed E-state index contributed by atoms with van der Waals surface area (Å²) in [6.07, 6.45) is 1.81. The molecule has 6 aromatic rings. The number of fused-ring (bicyclic) bond motifs is 3. The molecule has 0 radical (unpaired) electrons. The molecule has 7 nitrogen and oxygen atoms in total. The van der Waals surface area contributed by atoms with Crippen molar-refractivity contribution < 1.29 is 0 Å². The van der Waals surface area contributed by atoms with Crippen LogP contribution in [-0.2, 0) is 0 Å². The smallest absolute Gasteiger partial charge is 0.302 e. The van der Waals surface area contributed by atoms with E-state index in [2.05, 4.69) is 4.98 Å². The average Bonchev–Trinajstić information content (AvgIpc) is 3.23. The zero-order valence-electron chi connectivity index (χ0n) is 20.1. The molecule has 3 aromatic carbocycles. The van der Waals surface area contributed by atoms with Crippen molar-refractivity contribution in [2.75, 3.05) is 19.0 Å². The maximum absolute atomic E-state index is 13.6. The SMILES string of the molecule is CN(C)c1ccc(/C=c2\sc3nc(=O)c4nc(-c5ccccc5)c(-c5ccccc5)nc4n3c2=O)cc1. The number of anilines is 1. The van der Waals surface area contributed by atoms with Crippen LogP contribution in [0.15, 0.2) is 94.5 Å². The second kappa shape index (κ2) is 9.07. The maximum Gasteiger partial charge on any atom is 0.302 e. The van der Waals surface area contributed by atoms with Crippen molar-refractivity contribution in [3.05, 3.63) is 116 Å². The number of aromatic nitrogens is 4. The summed E-state index contributed by atoms with van der Waals surface area (Å²) in [5, 5.41) is 0. The van der Waals surface area contributed by atoms with Crippen molar-refractivity contribution in [1.29, 1.82) is 0 Å². The van der Waals surface area contributed by atoms with Crippen molar-refractivity contribution in [3.63, 3.8) is 0 Å². The van der Waals surface area contributed by atoms with Crippen molar-refractivity contribution in [2.24, 2.45) is 0 Å². The molecule has 0 spiro atoms. The van der Waals surface area contributed by atoms with Crippen LogP contribution in [0.3, 0.4) is 0 Å². The van der Waals surface area contributed by atoms with Crippen LogP contribution in [0.2, 0.25) is 0 Å². The first kappa shape index (κ1) is 22.8. The van der Waals surface area contributed by atoms with E-state index in [0.29, 0.717) is 20.9 Å². The number of benzene rings is 3. The van der Waals surface area contributed by atoms with Gasteiger partial charge in [-0.3, -0.25) is 9.59 Å². The van der Waals surface area contributed by atoms with Gasteiger partial charge >= 0.3 is 5.56 Å². The lowest BCUT2D eigenvalue weighted by Gasteiger charge is -2.11. The van der Waals surface area contributed by atoms with Crippen LogP contribution >= 0.6 is 11.3 Å². The summed E-state index contributed by atoms with van der Waals surface area (Å²) < 4.78 is 1.86. The van der Waals surface area contributed by atoms with E-state index in [1.165, 1.54) is 15.7 Å². The van der Waals surface area contributed by atoms with Crippen LogP contribution in [0.25, 0.3) is 44.7 Å². The van der Waals surface area contributed by atoms with Crippen molar-refractivity contribution in [3.8, 4) is 22.5 Å². The molecule has 0 amide bonds. The molecule has 3 aromatic heterocycles. The number of thiazole rings is 1. The van der Waals surface area contributed by atoms with Crippen LogP contribution in [0.4, 0.5) is 5.69 Å². The Morgan fingerprint density at radius 3 is 1.95 bits per heavy atom. The summed E-state index contributed by atoms with van der Waals surface area (Å²) in [4.78, 5) is 42.7. The van der Waals surface area contributed by atoms with Crippen molar-refractivity contribution in [1.82, 2.24) is 19.4 Å². The van der Waals surface area contributed by atoms with Crippen LogP contribution in [0, 0.1) is 0 Å². The summed E-state index contributed by atoms with van der Waals surface area (Å²) in [5.74, 6) is 0. The van der Waals surface area contributed by atoms with Crippen LogP contribution < -0.4 is 20.6 Å². The molecule has 0 aliphatic carbocycles. The quantitative estimate of drug-likeness (QED) is 0.362. The number of nitrogens with zero attached hydrogens (tertiary/aromatic N) is 5. The van der Waals surface area contributed by atoms with E-state index >= 15 is 0 Å².